The predicted octanol–water partition coefficient (Wildman–Crippen LogP) is 3.91. The fourth-order valence-electron chi connectivity index (χ4n) is 4.69. The maximum absolute atomic E-state index is 3.81. The Kier molecular flexibility index (Phi) is 5.92. The number of rotatable bonds is 6. The van der Waals surface area contributed by atoms with Crippen molar-refractivity contribution in [1.82, 2.24) is 10.2 Å². The lowest BCUT2D eigenvalue weighted by Gasteiger charge is -2.45. The van der Waals surface area contributed by atoms with Gasteiger partial charge in [0.25, 0.3) is 0 Å². The van der Waals surface area contributed by atoms with Gasteiger partial charge in [-0.3, -0.25) is 0 Å². The molecule has 2 heteroatoms. The van der Waals surface area contributed by atoms with E-state index in [0.717, 1.165) is 18.4 Å². The summed E-state index contributed by atoms with van der Waals surface area (Å²) in [4.78, 5) is 2.76. The summed E-state index contributed by atoms with van der Waals surface area (Å²) in [6.07, 6.45) is 8.47. The van der Waals surface area contributed by atoms with Crippen molar-refractivity contribution < 1.29 is 0 Å². The van der Waals surface area contributed by atoms with Crippen LogP contribution in [0.4, 0.5) is 0 Å². The summed E-state index contributed by atoms with van der Waals surface area (Å²) in [5.41, 5.74) is 0.474. The summed E-state index contributed by atoms with van der Waals surface area (Å²) in [6.45, 7) is 14.7. The van der Waals surface area contributed by atoms with Crippen molar-refractivity contribution in [3.63, 3.8) is 0 Å². The molecule has 1 saturated heterocycles. The molecule has 0 aromatic heterocycles. The molecule has 3 unspecified atom stereocenters. The van der Waals surface area contributed by atoms with Crippen LogP contribution in [-0.2, 0) is 0 Å². The van der Waals surface area contributed by atoms with Gasteiger partial charge in [0.15, 0.2) is 0 Å². The van der Waals surface area contributed by atoms with Crippen molar-refractivity contribution in [1.29, 1.82) is 0 Å². The molecule has 0 radical (unpaired) electrons. The zero-order chi connectivity index (χ0) is 14.6. The van der Waals surface area contributed by atoms with Crippen molar-refractivity contribution in [3.05, 3.63) is 0 Å². The molecule has 0 aromatic rings. The first kappa shape index (κ1) is 16.3. The Bertz CT molecular complexity index is 287. The smallest absolute Gasteiger partial charge is 0.0159 e. The molecule has 1 N–H and O–H groups in total. The number of hydrogen-bond acceptors (Lipinski definition) is 2. The standard InChI is InChI=1S/C18H36N2/c1-5-8-15-10-12-20(13-15)14-16-9-7-11-18(3,4)17(16)19-6-2/h15-17,19H,5-14H2,1-4H3. The van der Waals surface area contributed by atoms with E-state index in [4.69, 9.17) is 0 Å². The molecule has 0 amide bonds. The number of nitrogens with one attached hydrogen (secondary N) is 1. The fraction of sp³-hybridized carbons (Fsp3) is 1.00. The van der Waals surface area contributed by atoms with Crippen LogP contribution in [0.5, 0.6) is 0 Å². The minimum atomic E-state index is 0.474. The Hall–Kier alpha value is -0.0800. The quantitative estimate of drug-likeness (QED) is 0.793. The van der Waals surface area contributed by atoms with E-state index in [1.807, 2.05) is 0 Å². The second-order valence-corrected chi connectivity index (χ2v) is 7.88. The van der Waals surface area contributed by atoms with E-state index in [-0.39, 0.29) is 0 Å². The molecule has 2 fully saturated rings. The molecule has 20 heavy (non-hydrogen) atoms. The van der Waals surface area contributed by atoms with E-state index >= 15 is 0 Å². The van der Waals surface area contributed by atoms with Crippen LogP contribution in [0.15, 0.2) is 0 Å². The van der Waals surface area contributed by atoms with E-state index in [9.17, 15) is 0 Å². The average molecular weight is 280 g/mol. The van der Waals surface area contributed by atoms with Crippen LogP contribution in [0.25, 0.3) is 0 Å². The maximum atomic E-state index is 3.81. The third-order valence-corrected chi connectivity index (χ3v) is 5.69. The monoisotopic (exact) mass is 280 g/mol. The largest absolute Gasteiger partial charge is 0.313 e. The minimum absolute atomic E-state index is 0.474. The Morgan fingerprint density at radius 2 is 2.00 bits per heavy atom. The highest BCUT2D eigenvalue weighted by Gasteiger charge is 2.39. The van der Waals surface area contributed by atoms with Gasteiger partial charge in [0.1, 0.15) is 0 Å². The van der Waals surface area contributed by atoms with E-state index in [1.54, 1.807) is 0 Å². The van der Waals surface area contributed by atoms with Crippen LogP contribution in [-0.4, -0.2) is 37.1 Å². The Balaban J connectivity index is 1.90. The van der Waals surface area contributed by atoms with Gasteiger partial charge in [0.2, 0.25) is 0 Å². The topological polar surface area (TPSA) is 15.3 Å². The summed E-state index contributed by atoms with van der Waals surface area (Å²) in [5.74, 6) is 1.84. The average Bonchev–Trinajstić information content (AvgIpc) is 2.81. The molecule has 2 aliphatic rings. The zero-order valence-corrected chi connectivity index (χ0v) is 14.3. The molecule has 1 heterocycles. The number of nitrogens with zero attached hydrogens (tertiary/aromatic N) is 1. The Morgan fingerprint density at radius 3 is 2.70 bits per heavy atom. The van der Waals surface area contributed by atoms with Crippen LogP contribution in [0.3, 0.4) is 0 Å². The molecule has 0 spiro atoms. The Morgan fingerprint density at radius 1 is 1.20 bits per heavy atom. The van der Waals surface area contributed by atoms with Crippen LogP contribution in [0.2, 0.25) is 0 Å². The molecule has 2 nitrogen and oxygen atoms in total. The molecule has 1 aliphatic carbocycles. The second-order valence-electron chi connectivity index (χ2n) is 7.88. The van der Waals surface area contributed by atoms with Gasteiger partial charge in [-0.25, -0.2) is 0 Å². The lowest BCUT2D eigenvalue weighted by atomic mass is 9.67. The van der Waals surface area contributed by atoms with Gasteiger partial charge in [-0.15, -0.1) is 0 Å². The number of hydrogen-bond donors (Lipinski definition) is 1. The summed E-state index contributed by atoms with van der Waals surface area (Å²) in [7, 11) is 0. The minimum Gasteiger partial charge on any atom is -0.313 e. The van der Waals surface area contributed by atoms with Gasteiger partial charge >= 0.3 is 0 Å². The highest BCUT2D eigenvalue weighted by Crippen LogP contribution is 2.39. The second kappa shape index (κ2) is 7.26. The summed E-state index contributed by atoms with van der Waals surface area (Å²) in [5, 5.41) is 3.81. The van der Waals surface area contributed by atoms with Crippen LogP contribution >= 0.6 is 0 Å². The first-order chi connectivity index (χ1) is 9.56. The Labute approximate surface area is 126 Å². The van der Waals surface area contributed by atoms with Gasteiger partial charge in [0.05, 0.1) is 0 Å². The maximum Gasteiger partial charge on any atom is 0.0159 e. The van der Waals surface area contributed by atoms with Crippen molar-refractivity contribution in [2.45, 2.75) is 72.3 Å². The molecule has 0 aromatic carbocycles. The van der Waals surface area contributed by atoms with Gasteiger partial charge in [-0.1, -0.05) is 40.5 Å². The summed E-state index contributed by atoms with van der Waals surface area (Å²) >= 11 is 0. The lowest BCUT2D eigenvalue weighted by molar-refractivity contribution is 0.0849. The van der Waals surface area contributed by atoms with Crippen molar-refractivity contribution in [3.8, 4) is 0 Å². The lowest BCUT2D eigenvalue weighted by Crippen LogP contribution is -2.52. The van der Waals surface area contributed by atoms with Gasteiger partial charge < -0.3 is 10.2 Å². The van der Waals surface area contributed by atoms with Gasteiger partial charge in [0, 0.05) is 19.1 Å². The SMILES string of the molecule is CCCC1CCN(CC2CCCC(C)(C)C2NCC)C1. The van der Waals surface area contributed by atoms with Crippen molar-refractivity contribution >= 4 is 0 Å². The molecule has 1 aliphatic heterocycles. The molecule has 118 valence electrons. The molecule has 0 bridgehead atoms. The van der Waals surface area contributed by atoms with E-state index in [0.29, 0.717) is 11.5 Å². The molecular formula is C18H36N2. The highest BCUT2D eigenvalue weighted by molar-refractivity contribution is 4.95. The van der Waals surface area contributed by atoms with Gasteiger partial charge in [-0.05, 0) is 56.0 Å². The van der Waals surface area contributed by atoms with Crippen molar-refractivity contribution in [2.24, 2.45) is 17.3 Å². The molecule has 1 saturated carbocycles. The molecule has 3 atom stereocenters. The van der Waals surface area contributed by atoms with E-state index in [1.165, 1.54) is 58.2 Å². The third kappa shape index (κ3) is 3.98. The first-order valence-corrected chi connectivity index (χ1v) is 9.02. The molecule has 2 rings (SSSR count). The number of likely N-dealkylation sites (tertiary alicyclic amines) is 1. The van der Waals surface area contributed by atoms with Crippen LogP contribution < -0.4 is 5.32 Å². The van der Waals surface area contributed by atoms with Crippen LogP contribution in [0.1, 0.15) is 66.2 Å². The summed E-state index contributed by atoms with van der Waals surface area (Å²) in [6, 6.07) is 0.714. The molecular weight excluding hydrogens is 244 g/mol. The first-order valence-electron chi connectivity index (χ1n) is 9.02. The highest BCUT2D eigenvalue weighted by atomic mass is 15.2. The van der Waals surface area contributed by atoms with E-state index in [2.05, 4.69) is 37.9 Å². The van der Waals surface area contributed by atoms with E-state index < -0.39 is 0 Å². The van der Waals surface area contributed by atoms with Crippen LogP contribution in [0, 0.1) is 17.3 Å². The fourth-order valence-corrected chi connectivity index (χ4v) is 4.69. The van der Waals surface area contributed by atoms with Gasteiger partial charge in [-0.2, -0.15) is 0 Å². The summed E-state index contributed by atoms with van der Waals surface area (Å²) < 4.78 is 0. The third-order valence-electron chi connectivity index (χ3n) is 5.69. The predicted molar refractivity (Wildman–Crippen MR) is 88.0 cm³/mol. The zero-order valence-electron chi connectivity index (χ0n) is 14.3. The van der Waals surface area contributed by atoms with Crippen molar-refractivity contribution in [2.75, 3.05) is 26.2 Å². The normalized spacial score (nSPS) is 34.5.